The third-order valence-electron chi connectivity index (χ3n) is 2.46. The van der Waals surface area contributed by atoms with E-state index in [0.29, 0.717) is 0 Å². The van der Waals surface area contributed by atoms with Gasteiger partial charge in [-0.25, -0.2) is 10.6 Å². The zero-order valence-electron chi connectivity index (χ0n) is 14.0. The number of nitrogens with one attached hydrogen (secondary N) is 4. The maximum atomic E-state index is 11.8. The van der Waals surface area contributed by atoms with E-state index in [0.717, 1.165) is 0 Å². The van der Waals surface area contributed by atoms with Gasteiger partial charge in [-0.2, -0.15) is 0 Å². The highest BCUT2D eigenvalue weighted by atomic mass is 16.6. The van der Waals surface area contributed by atoms with Crippen molar-refractivity contribution in [3.8, 4) is 0 Å². The van der Waals surface area contributed by atoms with Gasteiger partial charge in [-0.05, 0) is 34.6 Å². The van der Waals surface area contributed by atoms with E-state index in [2.05, 4.69) is 16.0 Å². The Balaban J connectivity index is 4.22. The van der Waals surface area contributed by atoms with Crippen LogP contribution in [-0.4, -0.2) is 48.0 Å². The molecular formula is C13H25N5O5. The second-order valence-corrected chi connectivity index (χ2v) is 5.88. The molecule has 10 heteroatoms. The number of ether oxygens (including phenoxy) is 1. The van der Waals surface area contributed by atoms with Gasteiger partial charge in [0.05, 0.1) is 0 Å². The molecule has 0 aromatic carbocycles. The molecule has 0 aliphatic rings. The number of hydrogen-bond donors (Lipinski definition) is 5. The normalized spacial score (nSPS) is 13.3. The van der Waals surface area contributed by atoms with Crippen LogP contribution < -0.4 is 27.2 Å². The van der Waals surface area contributed by atoms with Crippen LogP contribution in [0.15, 0.2) is 0 Å². The number of rotatable bonds is 6. The summed E-state index contributed by atoms with van der Waals surface area (Å²) >= 11 is 0. The standard InChI is InChI=1S/C13H25N5O5/c1-7(10(20)17-8(2)11(21)18-14)16-9(19)6-15-12(22)23-13(3,4)5/h7-8H,6,14H2,1-5H3,(H,15,22)(H,16,19)(H,17,20)(H,18,21)/t7-,8-/m0/s1. The van der Waals surface area contributed by atoms with Gasteiger partial charge in [0.1, 0.15) is 24.2 Å². The summed E-state index contributed by atoms with van der Waals surface area (Å²) in [6.45, 7) is 7.62. The zero-order chi connectivity index (χ0) is 18.2. The fraction of sp³-hybridized carbons (Fsp3) is 0.692. The lowest BCUT2D eigenvalue weighted by Gasteiger charge is -2.20. The van der Waals surface area contributed by atoms with E-state index in [4.69, 9.17) is 10.6 Å². The molecule has 0 rings (SSSR count). The molecule has 0 unspecified atom stereocenters. The number of nitrogens with two attached hydrogens (primary N) is 1. The van der Waals surface area contributed by atoms with Crippen molar-refractivity contribution in [2.24, 2.45) is 5.84 Å². The lowest BCUT2D eigenvalue weighted by atomic mass is 10.2. The van der Waals surface area contributed by atoms with Gasteiger partial charge in [-0.3, -0.25) is 19.8 Å². The zero-order valence-corrected chi connectivity index (χ0v) is 14.0. The van der Waals surface area contributed by atoms with Crippen LogP contribution in [0.3, 0.4) is 0 Å². The molecular weight excluding hydrogens is 306 g/mol. The van der Waals surface area contributed by atoms with Crippen LogP contribution in [0.25, 0.3) is 0 Å². The first-order chi connectivity index (χ1) is 10.5. The maximum Gasteiger partial charge on any atom is 0.408 e. The molecule has 0 bridgehead atoms. The van der Waals surface area contributed by atoms with Gasteiger partial charge in [-0.1, -0.05) is 0 Å². The number of carbonyl (C=O) groups excluding carboxylic acids is 4. The molecule has 0 spiro atoms. The van der Waals surface area contributed by atoms with Crippen LogP contribution in [-0.2, 0) is 19.1 Å². The Morgan fingerprint density at radius 2 is 1.52 bits per heavy atom. The first kappa shape index (κ1) is 20.6. The third kappa shape index (κ3) is 9.30. The highest BCUT2D eigenvalue weighted by molar-refractivity contribution is 5.92. The van der Waals surface area contributed by atoms with Crippen molar-refractivity contribution in [3.05, 3.63) is 0 Å². The van der Waals surface area contributed by atoms with E-state index < -0.39 is 41.5 Å². The number of hydrogen-bond acceptors (Lipinski definition) is 6. The van der Waals surface area contributed by atoms with Crippen LogP contribution in [0.5, 0.6) is 0 Å². The highest BCUT2D eigenvalue weighted by Gasteiger charge is 2.21. The predicted molar refractivity (Wildman–Crippen MR) is 81.8 cm³/mol. The molecule has 0 aliphatic heterocycles. The lowest BCUT2D eigenvalue weighted by molar-refractivity contribution is -0.131. The van der Waals surface area contributed by atoms with E-state index >= 15 is 0 Å². The molecule has 132 valence electrons. The molecule has 0 saturated heterocycles. The van der Waals surface area contributed by atoms with Gasteiger partial charge in [0.25, 0.3) is 5.91 Å². The Labute approximate surface area is 134 Å². The molecule has 23 heavy (non-hydrogen) atoms. The van der Waals surface area contributed by atoms with Crippen LogP contribution in [0, 0.1) is 0 Å². The van der Waals surface area contributed by atoms with E-state index in [1.165, 1.54) is 13.8 Å². The second-order valence-electron chi connectivity index (χ2n) is 5.88. The fourth-order valence-corrected chi connectivity index (χ4v) is 1.35. The minimum atomic E-state index is -0.893. The molecule has 0 fully saturated rings. The Morgan fingerprint density at radius 1 is 1.00 bits per heavy atom. The molecule has 0 aromatic heterocycles. The average molecular weight is 331 g/mol. The second kappa shape index (κ2) is 8.93. The minimum absolute atomic E-state index is 0.342. The summed E-state index contributed by atoms with van der Waals surface area (Å²) in [6, 6.07) is -1.73. The summed E-state index contributed by atoms with van der Waals surface area (Å²) in [6.07, 6.45) is -0.738. The summed E-state index contributed by atoms with van der Waals surface area (Å²) in [5, 5.41) is 7.02. The molecule has 10 nitrogen and oxygen atoms in total. The molecule has 6 N–H and O–H groups in total. The van der Waals surface area contributed by atoms with Crippen molar-refractivity contribution in [2.75, 3.05) is 6.54 Å². The number of carbonyl (C=O) groups is 4. The first-order valence-electron chi connectivity index (χ1n) is 7.03. The average Bonchev–Trinajstić information content (AvgIpc) is 2.42. The number of amides is 4. The Morgan fingerprint density at radius 3 is 2.00 bits per heavy atom. The van der Waals surface area contributed by atoms with Crippen molar-refractivity contribution >= 4 is 23.8 Å². The van der Waals surface area contributed by atoms with Crippen molar-refractivity contribution < 1.29 is 23.9 Å². The van der Waals surface area contributed by atoms with Gasteiger partial charge in [0.15, 0.2) is 0 Å². The highest BCUT2D eigenvalue weighted by Crippen LogP contribution is 2.05. The monoisotopic (exact) mass is 331 g/mol. The van der Waals surface area contributed by atoms with E-state index in [1.807, 2.05) is 5.43 Å². The number of alkyl carbamates (subject to hydrolysis) is 1. The maximum absolute atomic E-state index is 11.8. The lowest BCUT2D eigenvalue weighted by Crippen LogP contribution is -2.53. The van der Waals surface area contributed by atoms with Crippen molar-refractivity contribution in [1.82, 2.24) is 21.4 Å². The van der Waals surface area contributed by atoms with Gasteiger partial charge in [0.2, 0.25) is 11.8 Å². The summed E-state index contributed by atoms with van der Waals surface area (Å²) in [5.41, 5.74) is 1.23. The number of hydrazine groups is 1. The first-order valence-corrected chi connectivity index (χ1v) is 7.03. The molecule has 0 aliphatic carbocycles. The van der Waals surface area contributed by atoms with Gasteiger partial charge in [0, 0.05) is 0 Å². The third-order valence-corrected chi connectivity index (χ3v) is 2.46. The SMILES string of the molecule is C[C@H](NC(=O)CNC(=O)OC(C)(C)C)C(=O)N[C@@H](C)C(=O)NN. The Hall–Kier alpha value is -2.36. The molecule has 4 amide bonds. The molecule has 2 atom stereocenters. The van der Waals surface area contributed by atoms with Crippen LogP contribution in [0.4, 0.5) is 4.79 Å². The van der Waals surface area contributed by atoms with Gasteiger partial charge in [-0.15, -0.1) is 0 Å². The molecule has 0 saturated carbocycles. The van der Waals surface area contributed by atoms with Crippen LogP contribution >= 0.6 is 0 Å². The summed E-state index contributed by atoms with van der Waals surface area (Å²) in [7, 11) is 0. The van der Waals surface area contributed by atoms with Crippen LogP contribution in [0.1, 0.15) is 34.6 Å². The van der Waals surface area contributed by atoms with Crippen molar-refractivity contribution in [1.29, 1.82) is 0 Å². The molecule has 0 heterocycles. The van der Waals surface area contributed by atoms with Crippen molar-refractivity contribution in [3.63, 3.8) is 0 Å². The molecule has 0 aromatic rings. The molecule has 0 radical (unpaired) electrons. The smallest absolute Gasteiger partial charge is 0.408 e. The largest absolute Gasteiger partial charge is 0.444 e. The Bertz CT molecular complexity index is 460. The van der Waals surface area contributed by atoms with Gasteiger partial charge >= 0.3 is 6.09 Å². The quantitative estimate of drug-likeness (QED) is 0.227. The summed E-state index contributed by atoms with van der Waals surface area (Å²) in [4.78, 5) is 46.0. The van der Waals surface area contributed by atoms with Crippen LogP contribution in [0.2, 0.25) is 0 Å². The minimum Gasteiger partial charge on any atom is -0.444 e. The van der Waals surface area contributed by atoms with Crippen molar-refractivity contribution in [2.45, 2.75) is 52.3 Å². The fourth-order valence-electron chi connectivity index (χ4n) is 1.35. The topological polar surface area (TPSA) is 152 Å². The summed E-state index contributed by atoms with van der Waals surface area (Å²) in [5.74, 6) is 3.24. The summed E-state index contributed by atoms with van der Waals surface area (Å²) < 4.78 is 4.97. The van der Waals surface area contributed by atoms with E-state index in [1.54, 1.807) is 20.8 Å². The Kier molecular flexibility index (Phi) is 8.02. The van der Waals surface area contributed by atoms with E-state index in [9.17, 15) is 19.2 Å². The van der Waals surface area contributed by atoms with E-state index in [-0.39, 0.29) is 6.54 Å². The predicted octanol–water partition coefficient (Wildman–Crippen LogP) is -1.49. The van der Waals surface area contributed by atoms with Gasteiger partial charge < -0.3 is 20.7 Å².